The molecule has 0 radical (unpaired) electrons. The fraction of sp³-hybridized carbons (Fsp3) is 0.889. The van der Waals surface area contributed by atoms with Crippen molar-refractivity contribution in [1.82, 2.24) is 0 Å². The van der Waals surface area contributed by atoms with Gasteiger partial charge in [0.25, 0.3) is 0 Å². The first-order valence-corrected chi connectivity index (χ1v) is 4.53. The van der Waals surface area contributed by atoms with E-state index in [9.17, 15) is 4.79 Å². The van der Waals surface area contributed by atoms with Crippen LogP contribution in [0.3, 0.4) is 0 Å². The molecule has 0 aromatic carbocycles. The number of primary amides is 1. The molecule has 0 aromatic rings. The fourth-order valence-electron chi connectivity index (χ4n) is 1.49. The predicted octanol–water partition coefficient (Wildman–Crippen LogP) is 1.05. The zero-order chi connectivity index (χ0) is 9.61. The third kappa shape index (κ3) is 2.48. The Bertz CT molecular complexity index is 141. The summed E-state index contributed by atoms with van der Waals surface area (Å²) in [7, 11) is 0. The van der Waals surface area contributed by atoms with Crippen molar-refractivity contribution in [3.8, 4) is 0 Å². The first-order valence-electron chi connectivity index (χ1n) is 4.53. The van der Waals surface area contributed by atoms with E-state index in [-0.39, 0.29) is 17.9 Å². The van der Waals surface area contributed by atoms with Crippen LogP contribution in [0, 0.1) is 5.41 Å². The average Bonchev–Trinajstić information content (AvgIpc) is 2.07. The predicted molar refractivity (Wildman–Crippen MR) is 48.5 cm³/mol. The normalized spacial score (nSPS) is 11.6. The van der Waals surface area contributed by atoms with Crippen molar-refractivity contribution in [2.75, 3.05) is 6.61 Å². The Morgan fingerprint density at radius 2 is 1.92 bits per heavy atom. The molecule has 0 saturated carbocycles. The van der Waals surface area contributed by atoms with Crippen LogP contribution in [0.2, 0.25) is 0 Å². The van der Waals surface area contributed by atoms with Gasteiger partial charge in [0.05, 0.1) is 0 Å². The molecule has 0 rings (SSSR count). The molecule has 0 atom stereocenters. The number of rotatable bonds is 6. The molecular weight excluding hydrogens is 154 g/mol. The van der Waals surface area contributed by atoms with Crippen LogP contribution in [-0.2, 0) is 4.79 Å². The van der Waals surface area contributed by atoms with Crippen LogP contribution in [0.5, 0.6) is 0 Å². The molecule has 0 aliphatic rings. The van der Waals surface area contributed by atoms with Crippen LogP contribution in [0.15, 0.2) is 0 Å². The number of aliphatic hydroxyl groups excluding tert-OH is 1. The second-order valence-corrected chi connectivity index (χ2v) is 3.18. The monoisotopic (exact) mass is 173 g/mol. The zero-order valence-electron chi connectivity index (χ0n) is 7.97. The Morgan fingerprint density at radius 1 is 1.42 bits per heavy atom. The van der Waals surface area contributed by atoms with E-state index in [0.717, 1.165) is 12.8 Å². The van der Waals surface area contributed by atoms with Crippen LogP contribution in [-0.4, -0.2) is 17.6 Å². The smallest absolute Gasteiger partial charge is 0.223 e. The molecule has 0 aromatic heterocycles. The summed E-state index contributed by atoms with van der Waals surface area (Å²) < 4.78 is 0. The molecule has 3 N–H and O–H groups in total. The van der Waals surface area contributed by atoms with Gasteiger partial charge in [-0.15, -0.1) is 0 Å². The van der Waals surface area contributed by atoms with E-state index in [0.29, 0.717) is 12.8 Å². The number of aliphatic hydroxyl groups is 1. The van der Waals surface area contributed by atoms with Gasteiger partial charge in [-0.25, -0.2) is 0 Å². The van der Waals surface area contributed by atoms with Gasteiger partial charge in [0.15, 0.2) is 0 Å². The van der Waals surface area contributed by atoms with Crippen LogP contribution >= 0.6 is 0 Å². The minimum atomic E-state index is -0.386. The highest BCUT2D eigenvalue weighted by Gasteiger charge is 2.31. The summed E-state index contributed by atoms with van der Waals surface area (Å²) in [6, 6.07) is 0. The van der Waals surface area contributed by atoms with Crippen molar-refractivity contribution in [3.05, 3.63) is 0 Å². The molecule has 12 heavy (non-hydrogen) atoms. The van der Waals surface area contributed by atoms with Crippen molar-refractivity contribution >= 4 is 5.91 Å². The highest BCUT2D eigenvalue weighted by molar-refractivity contribution is 5.80. The number of carbonyl (C=O) groups excluding carboxylic acids is 1. The quantitative estimate of drug-likeness (QED) is 0.630. The minimum absolute atomic E-state index is 0.134. The lowest BCUT2D eigenvalue weighted by molar-refractivity contribution is -0.128. The number of hydrogen-bond donors (Lipinski definition) is 2. The van der Waals surface area contributed by atoms with Gasteiger partial charge in [0.1, 0.15) is 0 Å². The van der Waals surface area contributed by atoms with E-state index in [1.54, 1.807) is 0 Å². The number of carbonyl (C=O) groups is 1. The molecule has 0 heterocycles. The Balaban J connectivity index is 4.25. The van der Waals surface area contributed by atoms with Gasteiger partial charge in [-0.05, 0) is 25.7 Å². The van der Waals surface area contributed by atoms with E-state index in [2.05, 4.69) is 0 Å². The molecule has 3 heteroatoms. The summed E-state index contributed by atoms with van der Waals surface area (Å²) in [5.41, 5.74) is 4.93. The van der Waals surface area contributed by atoms with E-state index in [1.165, 1.54) is 0 Å². The highest BCUT2D eigenvalue weighted by Crippen LogP contribution is 2.31. The van der Waals surface area contributed by atoms with E-state index in [1.807, 2.05) is 13.8 Å². The molecule has 0 aliphatic heterocycles. The summed E-state index contributed by atoms with van der Waals surface area (Å²) >= 11 is 0. The summed E-state index contributed by atoms with van der Waals surface area (Å²) in [5, 5.41) is 8.65. The van der Waals surface area contributed by atoms with Crippen molar-refractivity contribution in [1.29, 1.82) is 0 Å². The number of amides is 1. The Hall–Kier alpha value is -0.570. The Labute approximate surface area is 74.0 Å². The summed E-state index contributed by atoms with van der Waals surface area (Å²) in [4.78, 5) is 11.1. The molecule has 0 fully saturated rings. The molecule has 72 valence electrons. The summed E-state index contributed by atoms with van der Waals surface area (Å²) in [5.74, 6) is -0.235. The Morgan fingerprint density at radius 3 is 2.17 bits per heavy atom. The standard InChI is InChI=1S/C9H19NO2/c1-3-9(4-2,8(10)12)6-5-7-11/h11H,3-7H2,1-2H3,(H2,10,12). The topological polar surface area (TPSA) is 63.3 Å². The first-order chi connectivity index (χ1) is 5.63. The SMILES string of the molecule is CCC(CC)(CCCO)C(N)=O. The van der Waals surface area contributed by atoms with Crippen LogP contribution in [0.4, 0.5) is 0 Å². The van der Waals surface area contributed by atoms with E-state index in [4.69, 9.17) is 10.8 Å². The lowest BCUT2D eigenvalue weighted by atomic mass is 9.77. The maximum Gasteiger partial charge on any atom is 0.223 e. The maximum absolute atomic E-state index is 11.1. The highest BCUT2D eigenvalue weighted by atomic mass is 16.3. The van der Waals surface area contributed by atoms with E-state index >= 15 is 0 Å². The van der Waals surface area contributed by atoms with Crippen molar-refractivity contribution < 1.29 is 9.90 Å². The molecule has 3 nitrogen and oxygen atoms in total. The van der Waals surface area contributed by atoms with Crippen LogP contribution in [0.25, 0.3) is 0 Å². The van der Waals surface area contributed by atoms with Crippen LogP contribution in [0.1, 0.15) is 39.5 Å². The number of hydrogen-bond acceptors (Lipinski definition) is 2. The summed E-state index contributed by atoms with van der Waals surface area (Å²) in [6.07, 6.45) is 2.88. The fourth-order valence-corrected chi connectivity index (χ4v) is 1.49. The molecule has 0 spiro atoms. The molecule has 0 bridgehead atoms. The third-order valence-corrected chi connectivity index (χ3v) is 2.69. The molecule has 1 amide bonds. The first kappa shape index (κ1) is 11.4. The van der Waals surface area contributed by atoms with Crippen molar-refractivity contribution in [3.63, 3.8) is 0 Å². The van der Waals surface area contributed by atoms with Gasteiger partial charge in [0, 0.05) is 12.0 Å². The van der Waals surface area contributed by atoms with Gasteiger partial charge in [0.2, 0.25) is 5.91 Å². The second kappa shape index (κ2) is 5.14. The van der Waals surface area contributed by atoms with Gasteiger partial charge < -0.3 is 10.8 Å². The second-order valence-electron chi connectivity index (χ2n) is 3.18. The molecular formula is C9H19NO2. The van der Waals surface area contributed by atoms with Crippen molar-refractivity contribution in [2.24, 2.45) is 11.1 Å². The summed E-state index contributed by atoms with van der Waals surface area (Å²) in [6.45, 7) is 4.06. The minimum Gasteiger partial charge on any atom is -0.396 e. The maximum atomic E-state index is 11.1. The van der Waals surface area contributed by atoms with Gasteiger partial charge in [-0.1, -0.05) is 13.8 Å². The average molecular weight is 173 g/mol. The lowest BCUT2D eigenvalue weighted by Crippen LogP contribution is -2.36. The zero-order valence-corrected chi connectivity index (χ0v) is 7.97. The van der Waals surface area contributed by atoms with Gasteiger partial charge in [-0.3, -0.25) is 4.79 Å². The van der Waals surface area contributed by atoms with Gasteiger partial charge >= 0.3 is 0 Å². The van der Waals surface area contributed by atoms with Crippen molar-refractivity contribution in [2.45, 2.75) is 39.5 Å². The lowest BCUT2D eigenvalue weighted by Gasteiger charge is -2.27. The molecule has 0 aliphatic carbocycles. The number of nitrogens with two attached hydrogens (primary N) is 1. The Kier molecular flexibility index (Phi) is 4.90. The third-order valence-electron chi connectivity index (χ3n) is 2.69. The largest absolute Gasteiger partial charge is 0.396 e. The molecule has 0 saturated heterocycles. The molecule has 0 unspecified atom stereocenters. The van der Waals surface area contributed by atoms with Crippen LogP contribution < -0.4 is 5.73 Å². The van der Waals surface area contributed by atoms with E-state index < -0.39 is 0 Å². The van der Waals surface area contributed by atoms with Gasteiger partial charge in [-0.2, -0.15) is 0 Å².